The van der Waals surface area contributed by atoms with Crippen LogP contribution >= 0.6 is 0 Å². The Morgan fingerprint density at radius 1 is 1.18 bits per heavy atom. The maximum Gasteiger partial charge on any atom is 0.221 e. The van der Waals surface area contributed by atoms with Crippen molar-refractivity contribution in [3.63, 3.8) is 0 Å². The van der Waals surface area contributed by atoms with Gasteiger partial charge >= 0.3 is 0 Å². The number of nitrogens with zero attached hydrogens (tertiary/aromatic N) is 3. The predicted molar refractivity (Wildman–Crippen MR) is 109 cm³/mol. The van der Waals surface area contributed by atoms with Crippen LogP contribution in [0.25, 0.3) is 10.9 Å². The summed E-state index contributed by atoms with van der Waals surface area (Å²) in [5.41, 5.74) is 3.87. The highest BCUT2D eigenvalue weighted by molar-refractivity contribution is 5.92. The number of amides is 1. The minimum Gasteiger partial charge on any atom is -0.391 e. The molecule has 1 fully saturated rings. The Balaban J connectivity index is 1.42. The third-order valence-electron chi connectivity index (χ3n) is 5.18. The van der Waals surface area contributed by atoms with Crippen molar-refractivity contribution in [1.29, 1.82) is 0 Å². The van der Waals surface area contributed by atoms with Gasteiger partial charge in [-0.25, -0.2) is 0 Å². The van der Waals surface area contributed by atoms with Gasteiger partial charge in [0, 0.05) is 55.9 Å². The number of fused-ring (bicyclic) bond motifs is 1. The minimum absolute atomic E-state index is 0.0853. The van der Waals surface area contributed by atoms with Gasteiger partial charge in [-0.15, -0.1) is 0 Å². The predicted octanol–water partition coefficient (Wildman–Crippen LogP) is 2.62. The molecule has 3 heterocycles. The van der Waals surface area contributed by atoms with Crippen molar-refractivity contribution in [3.05, 3.63) is 66.1 Å². The Kier molecular flexibility index (Phi) is 5.32. The fraction of sp³-hybridized carbons (Fsp3) is 0.318. The molecule has 1 aromatic carbocycles. The third kappa shape index (κ3) is 4.35. The van der Waals surface area contributed by atoms with E-state index in [1.54, 1.807) is 12.4 Å². The number of aliphatic hydroxyl groups excluding tert-OH is 1. The Bertz CT molecular complexity index is 977. The van der Waals surface area contributed by atoms with Crippen LogP contribution < -0.4 is 5.32 Å². The highest BCUT2D eigenvalue weighted by atomic mass is 16.3. The molecule has 0 saturated carbocycles. The number of aromatic nitrogens is 2. The van der Waals surface area contributed by atoms with Crippen LogP contribution in [-0.4, -0.2) is 45.1 Å². The molecule has 1 aliphatic heterocycles. The lowest BCUT2D eigenvalue weighted by Crippen LogP contribution is -2.22. The summed E-state index contributed by atoms with van der Waals surface area (Å²) in [5, 5.41) is 14.2. The summed E-state index contributed by atoms with van der Waals surface area (Å²) in [6.07, 6.45) is 4.13. The number of carbonyl (C=O) groups is 1. The van der Waals surface area contributed by atoms with Gasteiger partial charge in [0.1, 0.15) is 0 Å². The van der Waals surface area contributed by atoms with E-state index in [1.165, 1.54) is 12.5 Å². The second-order valence-electron chi connectivity index (χ2n) is 7.47. The molecule has 6 nitrogen and oxygen atoms in total. The number of hydrogen-bond donors (Lipinski definition) is 2. The molecule has 1 amide bonds. The van der Waals surface area contributed by atoms with Gasteiger partial charge in [-0.1, -0.05) is 6.07 Å². The third-order valence-corrected chi connectivity index (χ3v) is 5.18. The highest BCUT2D eigenvalue weighted by Crippen LogP contribution is 2.24. The van der Waals surface area contributed by atoms with Gasteiger partial charge in [0.05, 0.1) is 17.3 Å². The molecule has 3 aromatic rings. The van der Waals surface area contributed by atoms with E-state index >= 15 is 0 Å². The lowest BCUT2D eigenvalue weighted by atomic mass is 9.97. The van der Waals surface area contributed by atoms with Crippen molar-refractivity contribution < 1.29 is 9.90 Å². The van der Waals surface area contributed by atoms with Gasteiger partial charge in [0.2, 0.25) is 5.91 Å². The average molecular weight is 376 g/mol. The SMILES string of the molecule is CC(=O)Nc1ccc2nc(CN3C[C@@H](Cc4ccncc4)[C@@H](O)C3)ccc2c1. The van der Waals surface area contributed by atoms with Crippen molar-refractivity contribution >= 4 is 22.5 Å². The molecular weight excluding hydrogens is 352 g/mol. The van der Waals surface area contributed by atoms with Gasteiger partial charge in [-0.05, 0) is 48.4 Å². The van der Waals surface area contributed by atoms with E-state index in [-0.39, 0.29) is 17.9 Å². The maximum atomic E-state index is 11.2. The first-order valence-corrected chi connectivity index (χ1v) is 9.53. The monoisotopic (exact) mass is 376 g/mol. The number of rotatable bonds is 5. The molecule has 2 aromatic heterocycles. The zero-order chi connectivity index (χ0) is 19.5. The number of likely N-dealkylation sites (tertiary alicyclic amines) is 1. The van der Waals surface area contributed by atoms with E-state index in [4.69, 9.17) is 4.98 Å². The summed E-state index contributed by atoms with van der Waals surface area (Å²) in [5.74, 6) is 0.140. The molecule has 4 rings (SSSR count). The summed E-state index contributed by atoms with van der Waals surface area (Å²) in [7, 11) is 0. The molecule has 0 unspecified atom stereocenters. The Morgan fingerprint density at radius 2 is 2.00 bits per heavy atom. The van der Waals surface area contributed by atoms with Crippen molar-refractivity contribution in [2.45, 2.75) is 26.0 Å². The van der Waals surface area contributed by atoms with Crippen LogP contribution in [0, 0.1) is 5.92 Å². The topological polar surface area (TPSA) is 78.4 Å². The first-order valence-electron chi connectivity index (χ1n) is 9.53. The Morgan fingerprint density at radius 3 is 2.79 bits per heavy atom. The zero-order valence-electron chi connectivity index (χ0n) is 15.9. The van der Waals surface area contributed by atoms with E-state index in [0.29, 0.717) is 13.1 Å². The zero-order valence-corrected chi connectivity index (χ0v) is 15.9. The fourth-order valence-corrected chi connectivity index (χ4v) is 3.86. The largest absolute Gasteiger partial charge is 0.391 e. The molecule has 144 valence electrons. The van der Waals surface area contributed by atoms with E-state index in [2.05, 4.69) is 15.2 Å². The fourth-order valence-electron chi connectivity index (χ4n) is 3.86. The Hall–Kier alpha value is -2.83. The van der Waals surface area contributed by atoms with Crippen LogP contribution in [0.5, 0.6) is 0 Å². The lowest BCUT2D eigenvalue weighted by Gasteiger charge is -2.15. The van der Waals surface area contributed by atoms with Crippen LogP contribution in [0.4, 0.5) is 5.69 Å². The van der Waals surface area contributed by atoms with Crippen LogP contribution in [-0.2, 0) is 17.8 Å². The maximum absolute atomic E-state index is 11.2. The summed E-state index contributed by atoms with van der Waals surface area (Å²) < 4.78 is 0. The second kappa shape index (κ2) is 8.04. The summed E-state index contributed by atoms with van der Waals surface area (Å²) >= 11 is 0. The van der Waals surface area contributed by atoms with Crippen LogP contribution in [0.3, 0.4) is 0 Å². The number of β-amino-alcohol motifs (C(OH)–C–C–N with tert-alkyl or cyclic N) is 1. The molecule has 0 aliphatic carbocycles. The normalized spacial score (nSPS) is 19.8. The summed E-state index contributed by atoms with van der Waals surface area (Å²) in [4.78, 5) is 22.3. The highest BCUT2D eigenvalue weighted by Gasteiger charge is 2.31. The van der Waals surface area contributed by atoms with Crippen molar-refractivity contribution in [1.82, 2.24) is 14.9 Å². The molecule has 0 spiro atoms. The van der Waals surface area contributed by atoms with Gasteiger partial charge in [0.15, 0.2) is 0 Å². The molecule has 0 bridgehead atoms. The number of aliphatic hydroxyl groups is 1. The first kappa shape index (κ1) is 18.5. The lowest BCUT2D eigenvalue weighted by molar-refractivity contribution is -0.114. The minimum atomic E-state index is -0.325. The number of carbonyl (C=O) groups excluding carboxylic acids is 1. The quantitative estimate of drug-likeness (QED) is 0.716. The van der Waals surface area contributed by atoms with Gasteiger partial charge in [-0.3, -0.25) is 19.7 Å². The van der Waals surface area contributed by atoms with E-state index in [9.17, 15) is 9.90 Å². The Labute approximate surface area is 164 Å². The number of pyridine rings is 2. The number of hydrogen-bond acceptors (Lipinski definition) is 5. The van der Waals surface area contributed by atoms with Gasteiger partial charge in [-0.2, -0.15) is 0 Å². The average Bonchev–Trinajstić information content (AvgIpc) is 3.01. The van der Waals surface area contributed by atoms with Crippen molar-refractivity contribution in [3.8, 4) is 0 Å². The second-order valence-corrected chi connectivity index (χ2v) is 7.47. The molecule has 2 atom stereocenters. The first-order chi connectivity index (χ1) is 13.6. The van der Waals surface area contributed by atoms with Crippen LogP contribution in [0.1, 0.15) is 18.2 Å². The standard InChI is InChI=1S/C22H24N4O2/c1-15(27)24-19-4-5-21-17(11-19)2-3-20(25-21)13-26-12-18(22(28)14-26)10-16-6-8-23-9-7-16/h2-9,11,18,22,28H,10,12-14H2,1H3,(H,24,27)/t18-,22+/m1/s1. The molecule has 28 heavy (non-hydrogen) atoms. The number of benzene rings is 1. The summed E-state index contributed by atoms with van der Waals surface area (Å²) in [6.45, 7) is 3.73. The van der Waals surface area contributed by atoms with Gasteiger partial charge < -0.3 is 10.4 Å². The van der Waals surface area contributed by atoms with Crippen molar-refractivity contribution in [2.75, 3.05) is 18.4 Å². The molecule has 1 aliphatic rings. The molecule has 2 N–H and O–H groups in total. The molecule has 0 radical (unpaired) electrons. The molecule has 1 saturated heterocycles. The molecule has 6 heteroatoms. The van der Waals surface area contributed by atoms with Gasteiger partial charge in [0.25, 0.3) is 0 Å². The summed E-state index contributed by atoms with van der Waals surface area (Å²) in [6, 6.07) is 13.8. The number of anilines is 1. The van der Waals surface area contributed by atoms with Crippen LogP contribution in [0.2, 0.25) is 0 Å². The van der Waals surface area contributed by atoms with Crippen LogP contribution in [0.15, 0.2) is 54.9 Å². The van der Waals surface area contributed by atoms with E-state index in [0.717, 1.165) is 35.2 Å². The van der Waals surface area contributed by atoms with E-state index in [1.807, 2.05) is 42.5 Å². The van der Waals surface area contributed by atoms with Crippen molar-refractivity contribution in [2.24, 2.45) is 5.92 Å². The number of nitrogens with one attached hydrogen (secondary N) is 1. The van der Waals surface area contributed by atoms with E-state index < -0.39 is 0 Å². The smallest absolute Gasteiger partial charge is 0.221 e. The molecular formula is C22H24N4O2.